The molecule has 0 bridgehead atoms. The topological polar surface area (TPSA) is 77.1 Å². The fourth-order valence-corrected chi connectivity index (χ4v) is 3.46. The van der Waals surface area contributed by atoms with Gasteiger partial charge in [-0.05, 0) is 17.0 Å². The van der Waals surface area contributed by atoms with E-state index >= 15 is 0 Å². The molecular formula is C17H13F3N6OS. The number of fused-ring (bicyclic) bond motifs is 1. The first-order valence-electron chi connectivity index (χ1n) is 8.06. The molecule has 0 aromatic carbocycles. The lowest BCUT2D eigenvalue weighted by Gasteiger charge is -2.06. The van der Waals surface area contributed by atoms with E-state index in [0.717, 1.165) is 22.6 Å². The Morgan fingerprint density at radius 3 is 2.75 bits per heavy atom. The third-order valence-corrected chi connectivity index (χ3v) is 4.87. The second-order valence-electron chi connectivity index (χ2n) is 6.09. The zero-order valence-electron chi connectivity index (χ0n) is 14.4. The summed E-state index contributed by atoms with van der Waals surface area (Å²) in [5.41, 5.74) is 3.46. The maximum Gasteiger partial charge on any atom is 0.405 e. The highest BCUT2D eigenvalue weighted by molar-refractivity contribution is 7.12. The van der Waals surface area contributed by atoms with Crippen LogP contribution in [0.4, 0.5) is 13.2 Å². The monoisotopic (exact) mass is 406 g/mol. The molecule has 0 aliphatic carbocycles. The lowest BCUT2D eigenvalue weighted by Crippen LogP contribution is -2.33. The van der Waals surface area contributed by atoms with Crippen molar-refractivity contribution in [2.45, 2.75) is 6.18 Å². The van der Waals surface area contributed by atoms with Gasteiger partial charge in [0.05, 0.1) is 23.1 Å². The molecule has 0 aliphatic heterocycles. The van der Waals surface area contributed by atoms with Crippen LogP contribution in [0, 0.1) is 0 Å². The molecule has 0 atom stereocenters. The van der Waals surface area contributed by atoms with Crippen LogP contribution in [-0.2, 0) is 7.05 Å². The van der Waals surface area contributed by atoms with Crippen molar-refractivity contribution in [3.05, 3.63) is 47.4 Å². The number of nitrogens with one attached hydrogen (secondary N) is 1. The zero-order valence-corrected chi connectivity index (χ0v) is 15.3. The summed E-state index contributed by atoms with van der Waals surface area (Å²) in [6.07, 6.45) is 4.16. The molecule has 0 fully saturated rings. The molecule has 4 heterocycles. The lowest BCUT2D eigenvalue weighted by molar-refractivity contribution is -0.123. The number of rotatable bonds is 4. The normalized spacial score (nSPS) is 11.9. The van der Waals surface area contributed by atoms with Gasteiger partial charge in [-0.15, -0.1) is 11.3 Å². The number of alkyl halides is 3. The SMILES string of the molecule is Cn1cnc(-c2cnc3c(-c4csc(C(=O)NCC(F)(F)F)c4)cnn3c2)c1. The number of nitrogens with zero attached hydrogens (tertiary/aromatic N) is 5. The summed E-state index contributed by atoms with van der Waals surface area (Å²) in [6, 6.07) is 1.53. The molecule has 1 N–H and O–H groups in total. The standard InChI is InChI=1S/C17H13F3N6OS/c1-25-6-13(23-9-25)11-3-21-15-12(4-24-26(15)5-11)10-2-14(28-7-10)16(27)22-8-17(18,19)20/h2-7,9H,8H2,1H3,(H,22,27). The second-order valence-corrected chi connectivity index (χ2v) is 7.00. The maximum absolute atomic E-state index is 12.3. The summed E-state index contributed by atoms with van der Waals surface area (Å²) in [6.45, 7) is -1.37. The first-order chi connectivity index (χ1) is 13.3. The van der Waals surface area contributed by atoms with E-state index in [0.29, 0.717) is 16.8 Å². The highest BCUT2D eigenvalue weighted by atomic mass is 32.1. The summed E-state index contributed by atoms with van der Waals surface area (Å²) in [5, 5.41) is 7.84. The lowest BCUT2D eigenvalue weighted by atomic mass is 10.1. The molecular weight excluding hydrogens is 393 g/mol. The molecule has 0 unspecified atom stereocenters. The first kappa shape index (κ1) is 18.2. The van der Waals surface area contributed by atoms with Crippen molar-refractivity contribution >= 4 is 22.9 Å². The van der Waals surface area contributed by atoms with Crippen LogP contribution in [0.1, 0.15) is 9.67 Å². The fourth-order valence-electron chi connectivity index (χ4n) is 2.64. The quantitative estimate of drug-likeness (QED) is 0.565. The first-order valence-corrected chi connectivity index (χ1v) is 8.94. The highest BCUT2D eigenvalue weighted by Crippen LogP contribution is 2.29. The van der Waals surface area contributed by atoms with Gasteiger partial charge in [-0.3, -0.25) is 4.79 Å². The Bertz CT molecular complexity index is 1160. The highest BCUT2D eigenvalue weighted by Gasteiger charge is 2.28. The summed E-state index contributed by atoms with van der Waals surface area (Å²) in [4.78, 5) is 20.8. The summed E-state index contributed by atoms with van der Waals surface area (Å²) >= 11 is 1.06. The van der Waals surface area contributed by atoms with Gasteiger partial charge in [0.2, 0.25) is 0 Å². The van der Waals surface area contributed by atoms with Crippen LogP contribution < -0.4 is 5.32 Å². The van der Waals surface area contributed by atoms with Gasteiger partial charge >= 0.3 is 6.18 Å². The predicted molar refractivity (Wildman–Crippen MR) is 96.9 cm³/mol. The van der Waals surface area contributed by atoms with E-state index in [-0.39, 0.29) is 4.88 Å². The van der Waals surface area contributed by atoms with Gasteiger partial charge in [0.1, 0.15) is 6.54 Å². The van der Waals surface area contributed by atoms with Crippen molar-refractivity contribution in [3.8, 4) is 22.4 Å². The number of amides is 1. The van der Waals surface area contributed by atoms with Crippen molar-refractivity contribution in [2.24, 2.45) is 7.05 Å². The molecule has 0 spiro atoms. The molecule has 0 saturated carbocycles. The van der Waals surface area contributed by atoms with Crippen LogP contribution in [0.5, 0.6) is 0 Å². The number of aryl methyl sites for hydroxylation is 1. The Balaban J connectivity index is 1.60. The predicted octanol–water partition coefficient (Wildman–Crippen LogP) is 3.15. The second kappa shape index (κ2) is 6.75. The third kappa shape index (κ3) is 3.60. The van der Waals surface area contributed by atoms with E-state index in [1.54, 1.807) is 34.8 Å². The van der Waals surface area contributed by atoms with Crippen LogP contribution in [0.15, 0.2) is 42.6 Å². The molecule has 1 amide bonds. The van der Waals surface area contributed by atoms with Crippen LogP contribution in [-0.4, -0.2) is 42.8 Å². The Labute approximate surface area is 160 Å². The summed E-state index contributed by atoms with van der Waals surface area (Å²) < 4.78 is 40.2. The van der Waals surface area contributed by atoms with Crippen LogP contribution in [0.25, 0.3) is 28.0 Å². The fraction of sp³-hybridized carbons (Fsp3) is 0.176. The molecule has 7 nitrogen and oxygen atoms in total. The van der Waals surface area contributed by atoms with Crippen LogP contribution in [0.2, 0.25) is 0 Å². The molecule has 0 saturated heterocycles. The number of aromatic nitrogens is 5. The Morgan fingerprint density at radius 1 is 1.21 bits per heavy atom. The zero-order chi connectivity index (χ0) is 19.9. The van der Waals surface area contributed by atoms with Gasteiger partial charge in [0.15, 0.2) is 5.65 Å². The van der Waals surface area contributed by atoms with Gasteiger partial charge in [-0.1, -0.05) is 0 Å². The van der Waals surface area contributed by atoms with Gasteiger partial charge < -0.3 is 9.88 Å². The minimum Gasteiger partial charge on any atom is -0.342 e. The average molecular weight is 406 g/mol. The number of hydrogen-bond donors (Lipinski definition) is 1. The molecule has 11 heteroatoms. The number of thiophene rings is 1. The largest absolute Gasteiger partial charge is 0.405 e. The number of halogens is 3. The van der Waals surface area contributed by atoms with E-state index in [2.05, 4.69) is 15.1 Å². The molecule has 0 aliphatic rings. The van der Waals surface area contributed by atoms with E-state index < -0.39 is 18.6 Å². The van der Waals surface area contributed by atoms with E-state index in [1.165, 1.54) is 6.07 Å². The molecule has 4 rings (SSSR count). The van der Waals surface area contributed by atoms with Gasteiger partial charge in [0, 0.05) is 36.8 Å². The van der Waals surface area contributed by atoms with Crippen molar-refractivity contribution in [2.75, 3.05) is 6.54 Å². The number of carbonyl (C=O) groups is 1. The van der Waals surface area contributed by atoms with Crippen molar-refractivity contribution in [1.29, 1.82) is 0 Å². The van der Waals surface area contributed by atoms with Crippen molar-refractivity contribution in [1.82, 2.24) is 29.5 Å². The number of hydrogen-bond acceptors (Lipinski definition) is 5. The van der Waals surface area contributed by atoms with Crippen molar-refractivity contribution in [3.63, 3.8) is 0 Å². The average Bonchev–Trinajstić information content (AvgIpc) is 3.37. The van der Waals surface area contributed by atoms with Crippen molar-refractivity contribution < 1.29 is 18.0 Å². The minimum atomic E-state index is -4.45. The van der Waals surface area contributed by atoms with E-state index in [4.69, 9.17) is 0 Å². The summed E-state index contributed by atoms with van der Waals surface area (Å²) in [7, 11) is 1.87. The number of carbonyl (C=O) groups excluding carboxylic acids is 1. The van der Waals surface area contributed by atoms with Gasteiger partial charge in [0.25, 0.3) is 5.91 Å². The third-order valence-electron chi connectivity index (χ3n) is 3.94. The van der Waals surface area contributed by atoms with Gasteiger partial charge in [-0.2, -0.15) is 18.3 Å². The summed E-state index contributed by atoms with van der Waals surface area (Å²) in [5.74, 6) is -0.768. The number of imidazole rings is 1. The van der Waals surface area contributed by atoms with Crippen LogP contribution in [0.3, 0.4) is 0 Å². The smallest absolute Gasteiger partial charge is 0.342 e. The van der Waals surface area contributed by atoms with Crippen LogP contribution >= 0.6 is 11.3 Å². The molecule has 4 aromatic rings. The Morgan fingerprint density at radius 2 is 2.04 bits per heavy atom. The van der Waals surface area contributed by atoms with E-state index in [1.807, 2.05) is 23.1 Å². The molecule has 28 heavy (non-hydrogen) atoms. The maximum atomic E-state index is 12.3. The van der Waals surface area contributed by atoms with Gasteiger partial charge in [-0.25, -0.2) is 14.5 Å². The molecule has 0 radical (unpaired) electrons. The van der Waals surface area contributed by atoms with E-state index in [9.17, 15) is 18.0 Å². The molecule has 144 valence electrons. The Hall–Kier alpha value is -3.21. The molecule has 4 aromatic heterocycles. The Kier molecular flexibility index (Phi) is 4.38. The minimum absolute atomic E-state index is 0.184.